The molecule has 0 spiro atoms. The van der Waals surface area contributed by atoms with Crippen molar-refractivity contribution in [2.45, 2.75) is 59.2 Å². The van der Waals surface area contributed by atoms with Crippen LogP contribution in [-0.2, 0) is 32.6 Å². The molecule has 0 saturated heterocycles. The molecule has 3 aromatic carbocycles. The van der Waals surface area contributed by atoms with Crippen molar-refractivity contribution in [2.24, 2.45) is 0 Å². The molecule has 10 heteroatoms. The Morgan fingerprint density at radius 1 is 0.927 bits per heavy atom. The number of carbonyl (C=O) groups is 2. The van der Waals surface area contributed by atoms with Crippen LogP contribution in [0, 0.1) is 13.8 Å². The highest BCUT2D eigenvalue weighted by Crippen LogP contribution is 2.26. The first kappa shape index (κ1) is 32.4. The normalized spacial score (nSPS) is 12.9. The zero-order valence-corrected chi connectivity index (χ0v) is 26.4. The molecule has 0 radical (unpaired) electrons. The number of rotatable bonds is 12. The van der Waals surface area contributed by atoms with E-state index in [9.17, 15) is 18.0 Å². The van der Waals surface area contributed by atoms with E-state index in [1.165, 1.54) is 4.90 Å². The highest BCUT2D eigenvalue weighted by Gasteiger charge is 2.33. The maximum absolute atomic E-state index is 14.2. The van der Waals surface area contributed by atoms with E-state index in [4.69, 9.17) is 23.2 Å². The summed E-state index contributed by atoms with van der Waals surface area (Å²) in [5, 5.41) is 3.69. The molecular weight excluding hydrogens is 581 g/mol. The fourth-order valence-corrected chi connectivity index (χ4v) is 5.74. The smallest absolute Gasteiger partial charge is 0.244 e. The molecular formula is C31H37Cl2N3O4S. The van der Waals surface area contributed by atoms with Crippen molar-refractivity contribution in [3.63, 3.8) is 0 Å². The summed E-state index contributed by atoms with van der Waals surface area (Å²) < 4.78 is 27.1. The van der Waals surface area contributed by atoms with Crippen LogP contribution in [0.2, 0.25) is 10.0 Å². The summed E-state index contributed by atoms with van der Waals surface area (Å²) in [6.45, 7) is 7.11. The van der Waals surface area contributed by atoms with Gasteiger partial charge in [-0.15, -0.1) is 0 Å². The van der Waals surface area contributed by atoms with E-state index in [0.717, 1.165) is 27.3 Å². The van der Waals surface area contributed by atoms with Crippen LogP contribution in [0.1, 0.15) is 42.5 Å². The van der Waals surface area contributed by atoms with Crippen LogP contribution in [0.5, 0.6) is 0 Å². The molecule has 3 aromatic rings. The Balaban J connectivity index is 2.10. The standard InChI is InChI=1S/C31H37Cl2N3O4S/c1-6-23(4)34-31(38)29(18-24-10-8-7-9-11-24)35(19-25-13-14-26(32)27(33)17-25)30(37)20-36(41(5,39)40)28-15-12-21(2)16-22(28)3/h7-17,23,29H,6,18-20H2,1-5H3,(H,34,38)/t23-,29+/m0/s1. The molecule has 0 aromatic heterocycles. The minimum absolute atomic E-state index is 0.0195. The van der Waals surface area contributed by atoms with Gasteiger partial charge in [0.15, 0.2) is 0 Å². The Kier molecular flexibility index (Phi) is 11.2. The second-order valence-corrected chi connectivity index (χ2v) is 13.1. The molecule has 0 bridgehead atoms. The Morgan fingerprint density at radius 2 is 1.61 bits per heavy atom. The van der Waals surface area contributed by atoms with Gasteiger partial charge in [0.2, 0.25) is 21.8 Å². The number of sulfonamides is 1. The Morgan fingerprint density at radius 3 is 2.20 bits per heavy atom. The van der Waals surface area contributed by atoms with E-state index in [-0.39, 0.29) is 24.9 Å². The number of amides is 2. The Labute approximate surface area is 253 Å². The fourth-order valence-electron chi connectivity index (χ4n) is 4.51. The fraction of sp³-hybridized carbons (Fsp3) is 0.355. The summed E-state index contributed by atoms with van der Waals surface area (Å²) in [4.78, 5) is 29.4. The number of benzene rings is 3. The first-order valence-corrected chi connectivity index (χ1v) is 16.0. The number of carbonyl (C=O) groups excluding carboxylic acids is 2. The molecule has 0 fully saturated rings. The lowest BCUT2D eigenvalue weighted by molar-refractivity contribution is -0.140. The number of nitrogens with zero attached hydrogens (tertiary/aromatic N) is 2. The molecule has 41 heavy (non-hydrogen) atoms. The van der Waals surface area contributed by atoms with Gasteiger partial charge < -0.3 is 10.2 Å². The molecule has 0 heterocycles. The van der Waals surface area contributed by atoms with E-state index >= 15 is 0 Å². The van der Waals surface area contributed by atoms with Crippen molar-refractivity contribution >= 4 is 50.7 Å². The van der Waals surface area contributed by atoms with Gasteiger partial charge in [0.05, 0.1) is 22.0 Å². The molecule has 0 saturated carbocycles. The van der Waals surface area contributed by atoms with Gasteiger partial charge in [-0.25, -0.2) is 8.42 Å². The number of aryl methyl sites for hydroxylation is 2. The highest BCUT2D eigenvalue weighted by molar-refractivity contribution is 7.92. The van der Waals surface area contributed by atoms with Crippen LogP contribution in [-0.4, -0.2) is 50.0 Å². The third kappa shape index (κ3) is 8.96. The minimum atomic E-state index is -3.85. The van der Waals surface area contributed by atoms with Gasteiger partial charge in [-0.1, -0.05) is 84.2 Å². The summed E-state index contributed by atoms with van der Waals surface area (Å²) in [6.07, 6.45) is 2.01. The number of hydrogen-bond acceptors (Lipinski definition) is 4. The van der Waals surface area contributed by atoms with E-state index < -0.39 is 28.5 Å². The topological polar surface area (TPSA) is 86.8 Å². The first-order chi connectivity index (χ1) is 19.3. The SMILES string of the molecule is CC[C@H](C)NC(=O)[C@@H](Cc1ccccc1)N(Cc1ccc(Cl)c(Cl)c1)C(=O)CN(c1ccc(C)cc1C)S(C)(=O)=O. The van der Waals surface area contributed by atoms with Gasteiger partial charge in [-0.05, 0) is 62.1 Å². The predicted octanol–water partition coefficient (Wildman–Crippen LogP) is 5.93. The van der Waals surface area contributed by atoms with Crippen molar-refractivity contribution in [2.75, 3.05) is 17.1 Å². The lowest BCUT2D eigenvalue weighted by Crippen LogP contribution is -2.54. The quantitative estimate of drug-likeness (QED) is 0.273. The Bertz CT molecular complexity index is 1480. The summed E-state index contributed by atoms with van der Waals surface area (Å²) in [6, 6.07) is 18.7. The Hall–Kier alpha value is -3.07. The highest BCUT2D eigenvalue weighted by atomic mass is 35.5. The van der Waals surface area contributed by atoms with Crippen molar-refractivity contribution in [1.29, 1.82) is 0 Å². The van der Waals surface area contributed by atoms with Gasteiger partial charge in [-0.3, -0.25) is 13.9 Å². The van der Waals surface area contributed by atoms with Crippen molar-refractivity contribution in [1.82, 2.24) is 10.2 Å². The molecule has 0 aliphatic carbocycles. The van der Waals surface area contributed by atoms with Crippen LogP contribution in [0.25, 0.3) is 0 Å². The van der Waals surface area contributed by atoms with Crippen LogP contribution >= 0.6 is 23.2 Å². The number of halogens is 2. The molecule has 0 unspecified atom stereocenters. The van der Waals surface area contributed by atoms with E-state index in [1.54, 1.807) is 37.3 Å². The largest absolute Gasteiger partial charge is 0.352 e. The molecule has 2 atom stereocenters. The van der Waals surface area contributed by atoms with Crippen LogP contribution in [0.3, 0.4) is 0 Å². The van der Waals surface area contributed by atoms with Crippen LogP contribution in [0.4, 0.5) is 5.69 Å². The lowest BCUT2D eigenvalue weighted by Gasteiger charge is -2.34. The number of nitrogens with one attached hydrogen (secondary N) is 1. The average molecular weight is 619 g/mol. The monoisotopic (exact) mass is 617 g/mol. The lowest BCUT2D eigenvalue weighted by atomic mass is 10.0. The molecule has 0 aliphatic rings. The number of hydrogen-bond donors (Lipinski definition) is 1. The minimum Gasteiger partial charge on any atom is -0.352 e. The van der Waals surface area contributed by atoms with Gasteiger partial charge >= 0.3 is 0 Å². The average Bonchev–Trinajstić information content (AvgIpc) is 2.91. The molecule has 2 amide bonds. The molecule has 7 nitrogen and oxygen atoms in total. The second-order valence-electron chi connectivity index (χ2n) is 10.4. The molecule has 0 aliphatic heterocycles. The maximum atomic E-state index is 14.2. The zero-order chi connectivity index (χ0) is 30.3. The second kappa shape index (κ2) is 14.2. The third-order valence-electron chi connectivity index (χ3n) is 6.91. The molecule has 220 valence electrons. The predicted molar refractivity (Wildman–Crippen MR) is 167 cm³/mol. The van der Waals surface area contributed by atoms with Gasteiger partial charge in [0.25, 0.3) is 0 Å². The van der Waals surface area contributed by atoms with Gasteiger partial charge in [0, 0.05) is 19.0 Å². The van der Waals surface area contributed by atoms with E-state index in [0.29, 0.717) is 27.7 Å². The van der Waals surface area contributed by atoms with Gasteiger partial charge in [0.1, 0.15) is 12.6 Å². The summed E-state index contributed by atoms with van der Waals surface area (Å²) >= 11 is 12.4. The van der Waals surface area contributed by atoms with E-state index in [1.807, 2.05) is 57.2 Å². The number of anilines is 1. The third-order valence-corrected chi connectivity index (χ3v) is 8.77. The van der Waals surface area contributed by atoms with Crippen molar-refractivity contribution in [3.8, 4) is 0 Å². The molecule has 3 rings (SSSR count). The van der Waals surface area contributed by atoms with Crippen LogP contribution < -0.4 is 9.62 Å². The van der Waals surface area contributed by atoms with Crippen molar-refractivity contribution in [3.05, 3.63) is 99.0 Å². The van der Waals surface area contributed by atoms with Crippen molar-refractivity contribution < 1.29 is 18.0 Å². The molecule has 1 N–H and O–H groups in total. The summed E-state index contributed by atoms with van der Waals surface area (Å²) in [5.41, 5.74) is 3.61. The summed E-state index contributed by atoms with van der Waals surface area (Å²) in [5.74, 6) is -0.851. The van der Waals surface area contributed by atoms with Crippen LogP contribution in [0.15, 0.2) is 66.7 Å². The van der Waals surface area contributed by atoms with Gasteiger partial charge in [-0.2, -0.15) is 0 Å². The first-order valence-electron chi connectivity index (χ1n) is 13.4. The van der Waals surface area contributed by atoms with E-state index in [2.05, 4.69) is 5.32 Å². The maximum Gasteiger partial charge on any atom is 0.244 e. The summed E-state index contributed by atoms with van der Waals surface area (Å²) in [7, 11) is -3.85. The zero-order valence-electron chi connectivity index (χ0n) is 24.0.